The molecular weight excluding hydrogens is 345 g/mol. The van der Waals surface area contributed by atoms with Crippen molar-refractivity contribution in [3.05, 3.63) is 39.8 Å². The molecule has 0 unspecified atom stereocenters. The molecule has 4 heteroatoms. The van der Waals surface area contributed by atoms with Crippen molar-refractivity contribution < 1.29 is 4.74 Å². The summed E-state index contributed by atoms with van der Waals surface area (Å²) in [5.74, 6) is 0. The molecular formula is C13H16BrNOSe. The van der Waals surface area contributed by atoms with Crippen LogP contribution in [-0.2, 0) is 4.74 Å². The van der Waals surface area contributed by atoms with Gasteiger partial charge in [-0.1, -0.05) is 0 Å². The van der Waals surface area contributed by atoms with Gasteiger partial charge in [0.15, 0.2) is 0 Å². The van der Waals surface area contributed by atoms with E-state index in [4.69, 9.17) is 4.74 Å². The van der Waals surface area contributed by atoms with Crippen molar-refractivity contribution in [1.82, 2.24) is 4.90 Å². The number of ether oxygens (including phenoxy) is 1. The van der Waals surface area contributed by atoms with Gasteiger partial charge in [0.1, 0.15) is 0 Å². The number of rotatable bonds is 4. The van der Waals surface area contributed by atoms with Crippen LogP contribution in [0, 0.1) is 0 Å². The number of morpholine rings is 1. The quantitative estimate of drug-likeness (QED) is 0.756. The molecule has 1 aromatic carbocycles. The van der Waals surface area contributed by atoms with Crippen LogP contribution in [0.15, 0.2) is 39.8 Å². The topological polar surface area (TPSA) is 12.5 Å². The molecule has 2 nitrogen and oxygen atoms in total. The summed E-state index contributed by atoms with van der Waals surface area (Å²) in [6, 6.07) is 10.6. The van der Waals surface area contributed by atoms with Crippen LogP contribution in [0.2, 0.25) is 0 Å². The zero-order valence-corrected chi connectivity index (χ0v) is 12.9. The molecule has 1 aromatic rings. The summed E-state index contributed by atoms with van der Waals surface area (Å²) in [5, 5.41) is 0. The first kappa shape index (κ1) is 13.3. The maximum absolute atomic E-state index is 5.33. The first-order valence-electron chi connectivity index (χ1n) is 5.73. The van der Waals surface area contributed by atoms with Gasteiger partial charge in [-0.15, -0.1) is 0 Å². The number of benzene rings is 1. The molecule has 0 N–H and O–H groups in total. The molecule has 0 bridgehead atoms. The van der Waals surface area contributed by atoms with Crippen molar-refractivity contribution >= 4 is 35.3 Å². The second-order valence-electron chi connectivity index (χ2n) is 3.84. The summed E-state index contributed by atoms with van der Waals surface area (Å²) in [6.45, 7) is 4.87. The Morgan fingerprint density at radius 1 is 1.29 bits per heavy atom. The van der Waals surface area contributed by atoms with E-state index in [0.717, 1.165) is 32.8 Å². The van der Waals surface area contributed by atoms with Crippen molar-refractivity contribution in [1.29, 1.82) is 0 Å². The first-order valence-corrected chi connectivity index (χ1v) is 8.24. The Balaban J connectivity index is 1.80. The van der Waals surface area contributed by atoms with E-state index in [1.54, 1.807) is 0 Å². The normalized spacial score (nSPS) is 18.3. The molecule has 1 fully saturated rings. The minimum atomic E-state index is 0.396. The molecule has 1 aliphatic heterocycles. The molecule has 1 heterocycles. The van der Waals surface area contributed by atoms with E-state index in [9.17, 15) is 0 Å². The number of hydrogen-bond donors (Lipinski definition) is 0. The van der Waals surface area contributed by atoms with Crippen LogP contribution >= 0.6 is 15.9 Å². The fourth-order valence-corrected chi connectivity index (χ4v) is 4.16. The van der Waals surface area contributed by atoms with Crippen molar-refractivity contribution in [3.8, 4) is 0 Å². The van der Waals surface area contributed by atoms with Crippen LogP contribution in [-0.4, -0.2) is 52.7 Å². The van der Waals surface area contributed by atoms with Gasteiger partial charge in [-0.3, -0.25) is 0 Å². The monoisotopic (exact) mass is 361 g/mol. The third-order valence-electron chi connectivity index (χ3n) is 2.57. The van der Waals surface area contributed by atoms with Crippen LogP contribution in [0.4, 0.5) is 0 Å². The summed E-state index contributed by atoms with van der Waals surface area (Å²) >= 11 is 4.07. The van der Waals surface area contributed by atoms with Gasteiger partial charge in [0, 0.05) is 0 Å². The van der Waals surface area contributed by atoms with Gasteiger partial charge in [0.25, 0.3) is 0 Å². The molecule has 0 atom stereocenters. The Labute approximate surface area is 117 Å². The molecule has 2 rings (SSSR count). The number of halogens is 1. The Kier molecular flexibility index (Phi) is 5.75. The van der Waals surface area contributed by atoms with Crippen molar-refractivity contribution in [2.24, 2.45) is 0 Å². The zero-order chi connectivity index (χ0) is 11.9. The predicted molar refractivity (Wildman–Crippen MR) is 76.1 cm³/mol. The minimum absolute atomic E-state index is 0.396. The van der Waals surface area contributed by atoms with E-state index in [1.807, 2.05) is 0 Å². The number of hydrogen-bond acceptors (Lipinski definition) is 2. The Hall–Kier alpha value is -0.121. The third-order valence-corrected chi connectivity index (χ3v) is 5.56. The SMILES string of the molecule is Br/C(=C\CN1CCOCC1)[Se]c1ccccc1. The summed E-state index contributed by atoms with van der Waals surface area (Å²) < 4.78 is 8.06. The van der Waals surface area contributed by atoms with E-state index in [1.165, 1.54) is 7.84 Å². The molecule has 0 saturated carbocycles. The zero-order valence-electron chi connectivity index (χ0n) is 9.64. The molecule has 0 aromatic heterocycles. The molecule has 1 saturated heterocycles. The van der Waals surface area contributed by atoms with E-state index >= 15 is 0 Å². The molecule has 0 amide bonds. The second-order valence-corrected chi connectivity index (χ2v) is 8.21. The average Bonchev–Trinajstić information content (AvgIpc) is 2.39. The van der Waals surface area contributed by atoms with Gasteiger partial charge in [-0.25, -0.2) is 0 Å². The van der Waals surface area contributed by atoms with Crippen molar-refractivity contribution in [2.45, 2.75) is 0 Å². The predicted octanol–water partition coefficient (Wildman–Crippen LogP) is 1.58. The summed E-state index contributed by atoms with van der Waals surface area (Å²) in [7, 11) is 0. The van der Waals surface area contributed by atoms with Crippen molar-refractivity contribution in [2.75, 3.05) is 32.8 Å². The van der Waals surface area contributed by atoms with Gasteiger partial charge < -0.3 is 0 Å². The van der Waals surface area contributed by atoms with E-state index < -0.39 is 0 Å². The summed E-state index contributed by atoms with van der Waals surface area (Å²) in [5.41, 5.74) is 0. The molecule has 0 aliphatic carbocycles. The molecule has 17 heavy (non-hydrogen) atoms. The van der Waals surface area contributed by atoms with Crippen LogP contribution in [0.5, 0.6) is 0 Å². The van der Waals surface area contributed by atoms with E-state index in [-0.39, 0.29) is 0 Å². The maximum atomic E-state index is 5.33. The Morgan fingerprint density at radius 2 is 2.00 bits per heavy atom. The fourth-order valence-electron chi connectivity index (χ4n) is 1.63. The van der Waals surface area contributed by atoms with E-state index in [2.05, 4.69) is 57.2 Å². The standard InChI is InChI=1S/C13H16BrNOSe/c14-13(17-12-4-2-1-3-5-12)6-7-15-8-10-16-11-9-15/h1-6H,7-11H2/b13-6+. The molecule has 0 spiro atoms. The van der Waals surface area contributed by atoms with E-state index in [0.29, 0.717) is 15.0 Å². The van der Waals surface area contributed by atoms with Crippen LogP contribution in [0.25, 0.3) is 0 Å². The fraction of sp³-hybridized carbons (Fsp3) is 0.385. The van der Waals surface area contributed by atoms with Gasteiger partial charge in [0.2, 0.25) is 0 Å². The molecule has 92 valence electrons. The van der Waals surface area contributed by atoms with Gasteiger partial charge in [-0.2, -0.15) is 0 Å². The van der Waals surface area contributed by atoms with Crippen LogP contribution in [0.1, 0.15) is 0 Å². The summed E-state index contributed by atoms with van der Waals surface area (Å²) in [4.78, 5) is 2.42. The Bertz CT molecular complexity index is 363. The third kappa shape index (κ3) is 4.94. The van der Waals surface area contributed by atoms with Crippen molar-refractivity contribution in [3.63, 3.8) is 0 Å². The molecule has 1 aliphatic rings. The van der Waals surface area contributed by atoms with Crippen LogP contribution in [0.3, 0.4) is 0 Å². The first-order chi connectivity index (χ1) is 8.34. The van der Waals surface area contributed by atoms with Gasteiger partial charge >= 0.3 is 118 Å². The summed E-state index contributed by atoms with van der Waals surface area (Å²) in [6.07, 6.45) is 2.29. The number of nitrogens with zero attached hydrogens (tertiary/aromatic N) is 1. The average molecular weight is 361 g/mol. The van der Waals surface area contributed by atoms with Gasteiger partial charge in [0.05, 0.1) is 0 Å². The molecule has 0 radical (unpaired) electrons. The van der Waals surface area contributed by atoms with Crippen LogP contribution < -0.4 is 4.46 Å². The Morgan fingerprint density at radius 3 is 2.71 bits per heavy atom. The van der Waals surface area contributed by atoms with Gasteiger partial charge in [-0.05, 0) is 0 Å². The second kappa shape index (κ2) is 7.34.